The van der Waals surface area contributed by atoms with Crippen molar-refractivity contribution in [3.8, 4) is 11.5 Å². The van der Waals surface area contributed by atoms with E-state index in [9.17, 15) is 14.0 Å². The van der Waals surface area contributed by atoms with Gasteiger partial charge in [0.2, 0.25) is 11.8 Å². The second-order valence-corrected chi connectivity index (χ2v) is 11.0. The van der Waals surface area contributed by atoms with Crippen LogP contribution in [0.2, 0.25) is 0 Å². The van der Waals surface area contributed by atoms with Crippen molar-refractivity contribution in [3.63, 3.8) is 0 Å². The number of nitrogens with zero attached hydrogens (tertiary/aromatic N) is 3. The van der Waals surface area contributed by atoms with Crippen molar-refractivity contribution in [2.45, 2.75) is 57.1 Å². The van der Waals surface area contributed by atoms with Crippen LogP contribution in [0.15, 0.2) is 47.0 Å². The highest BCUT2D eigenvalue weighted by molar-refractivity contribution is 5.95. The molecule has 2 aromatic carbocycles. The van der Waals surface area contributed by atoms with Crippen LogP contribution in [0.4, 0.5) is 4.39 Å². The number of likely N-dealkylation sites (tertiary alicyclic amines) is 1. The molecule has 0 radical (unpaired) electrons. The molecular formula is C31H34FN3O5. The van der Waals surface area contributed by atoms with E-state index in [4.69, 9.17) is 13.9 Å². The van der Waals surface area contributed by atoms with Crippen LogP contribution >= 0.6 is 0 Å². The van der Waals surface area contributed by atoms with E-state index in [1.165, 1.54) is 19.2 Å². The van der Waals surface area contributed by atoms with Crippen LogP contribution in [0.3, 0.4) is 0 Å². The summed E-state index contributed by atoms with van der Waals surface area (Å²) in [5, 5.41) is 0.865. The first kappa shape index (κ1) is 26.5. The first-order valence-corrected chi connectivity index (χ1v) is 14.0. The predicted molar refractivity (Wildman–Crippen MR) is 148 cm³/mol. The van der Waals surface area contributed by atoms with Gasteiger partial charge in [-0.15, -0.1) is 0 Å². The van der Waals surface area contributed by atoms with Gasteiger partial charge in [0.15, 0.2) is 5.58 Å². The molecule has 1 aliphatic carbocycles. The van der Waals surface area contributed by atoms with Gasteiger partial charge in [-0.2, -0.15) is 0 Å². The Morgan fingerprint density at radius 1 is 1.10 bits per heavy atom. The van der Waals surface area contributed by atoms with E-state index in [0.29, 0.717) is 23.6 Å². The number of oxazole rings is 1. The maximum atomic E-state index is 13.8. The van der Waals surface area contributed by atoms with E-state index in [1.54, 1.807) is 6.07 Å². The van der Waals surface area contributed by atoms with E-state index in [0.717, 1.165) is 67.1 Å². The fraction of sp³-hybridized carbons (Fsp3) is 0.452. The van der Waals surface area contributed by atoms with Crippen LogP contribution in [-0.4, -0.2) is 58.7 Å². The maximum absolute atomic E-state index is 13.8. The molecule has 3 heterocycles. The number of amides is 1. The topological polar surface area (TPSA) is 86.8 Å². The molecule has 2 aromatic heterocycles. The van der Waals surface area contributed by atoms with Crippen molar-refractivity contribution in [3.05, 3.63) is 54.0 Å². The van der Waals surface area contributed by atoms with Gasteiger partial charge in [-0.3, -0.25) is 9.59 Å². The van der Waals surface area contributed by atoms with Crippen molar-refractivity contribution >= 4 is 33.9 Å². The van der Waals surface area contributed by atoms with Gasteiger partial charge in [0.25, 0.3) is 0 Å². The SMILES string of the molecule is COC(=O)[C@H]1CC[C@H](OC[C@@H]2CCCN2C(=O)Cc2ccc3nc(-c4cn(C)c5cc(F)ccc45)oc3c2)CC1. The third-order valence-electron chi connectivity index (χ3n) is 8.42. The number of carbonyl (C=O) groups excluding carboxylic acids is 2. The Morgan fingerprint density at radius 3 is 2.73 bits per heavy atom. The molecule has 0 bridgehead atoms. The quantitative estimate of drug-likeness (QED) is 0.288. The van der Waals surface area contributed by atoms with Crippen molar-refractivity contribution in [2.24, 2.45) is 13.0 Å². The van der Waals surface area contributed by atoms with Gasteiger partial charge in [-0.25, -0.2) is 9.37 Å². The normalized spacial score (nSPS) is 21.4. The Morgan fingerprint density at radius 2 is 1.93 bits per heavy atom. The molecule has 1 amide bonds. The van der Waals surface area contributed by atoms with Crippen LogP contribution in [0.5, 0.6) is 0 Å². The number of fused-ring (bicyclic) bond motifs is 2. The molecule has 1 saturated carbocycles. The highest BCUT2D eigenvalue weighted by Crippen LogP contribution is 2.33. The number of carbonyl (C=O) groups is 2. The highest BCUT2D eigenvalue weighted by Gasteiger charge is 2.32. The molecule has 1 saturated heterocycles. The minimum atomic E-state index is -0.290. The molecular weight excluding hydrogens is 513 g/mol. The lowest BCUT2D eigenvalue weighted by atomic mass is 9.87. The molecule has 1 atom stereocenters. The summed E-state index contributed by atoms with van der Waals surface area (Å²) in [7, 11) is 3.30. The number of aromatic nitrogens is 2. The maximum Gasteiger partial charge on any atom is 0.308 e. The number of halogens is 1. The fourth-order valence-corrected chi connectivity index (χ4v) is 6.21. The second-order valence-electron chi connectivity index (χ2n) is 11.0. The summed E-state index contributed by atoms with van der Waals surface area (Å²) >= 11 is 0. The third kappa shape index (κ3) is 5.22. The molecule has 8 nitrogen and oxygen atoms in total. The Balaban J connectivity index is 1.10. The average molecular weight is 548 g/mol. The number of methoxy groups -OCH3 is 1. The number of rotatable bonds is 7. The van der Waals surface area contributed by atoms with E-state index in [2.05, 4.69) is 4.98 Å². The van der Waals surface area contributed by atoms with Crippen LogP contribution in [0, 0.1) is 11.7 Å². The Labute approximate surface area is 232 Å². The van der Waals surface area contributed by atoms with Crippen molar-refractivity contribution in [1.29, 1.82) is 0 Å². The van der Waals surface area contributed by atoms with Crippen molar-refractivity contribution < 1.29 is 27.9 Å². The monoisotopic (exact) mass is 547 g/mol. The van der Waals surface area contributed by atoms with E-state index >= 15 is 0 Å². The first-order valence-electron chi connectivity index (χ1n) is 14.0. The molecule has 0 unspecified atom stereocenters. The van der Waals surface area contributed by atoms with Gasteiger partial charge in [0.05, 0.1) is 49.3 Å². The number of benzene rings is 2. The lowest BCUT2D eigenvalue weighted by Gasteiger charge is -2.30. The molecule has 0 spiro atoms. The van der Waals surface area contributed by atoms with Crippen LogP contribution < -0.4 is 0 Å². The Hall–Kier alpha value is -3.72. The summed E-state index contributed by atoms with van der Waals surface area (Å²) in [6, 6.07) is 10.4. The highest BCUT2D eigenvalue weighted by atomic mass is 19.1. The molecule has 2 aliphatic rings. The molecule has 4 aromatic rings. The number of hydrogen-bond donors (Lipinski definition) is 0. The zero-order chi connectivity index (χ0) is 27.8. The predicted octanol–water partition coefficient (Wildman–Crippen LogP) is 5.41. The summed E-state index contributed by atoms with van der Waals surface area (Å²) in [5.41, 5.74) is 3.75. The lowest BCUT2D eigenvalue weighted by Crippen LogP contribution is -2.40. The molecule has 6 rings (SSSR count). The van der Waals surface area contributed by atoms with Gasteiger partial charge >= 0.3 is 5.97 Å². The molecule has 210 valence electrons. The summed E-state index contributed by atoms with van der Waals surface area (Å²) in [6.07, 6.45) is 7.45. The minimum Gasteiger partial charge on any atom is -0.469 e. The number of aryl methyl sites for hydroxylation is 1. The smallest absolute Gasteiger partial charge is 0.308 e. The average Bonchev–Trinajstić information content (AvgIpc) is 3.68. The van der Waals surface area contributed by atoms with E-state index in [-0.39, 0.29) is 42.2 Å². The molecule has 40 heavy (non-hydrogen) atoms. The standard InChI is InChI=1S/C31H34FN3O5/c1-34-17-25(24-11-8-21(32)16-27(24)34)30-33-26-12-5-19(14-28(26)40-30)15-29(36)35-13-3-4-22(35)18-39-23-9-6-20(7-10-23)31(37)38-2/h5,8,11-12,14,16-17,20,22-23H,3-4,6-7,9-10,13,15,18H2,1-2H3/t20-,22-,23-/m0/s1. The lowest BCUT2D eigenvalue weighted by molar-refractivity contribution is -0.148. The molecule has 2 fully saturated rings. The minimum absolute atomic E-state index is 0.0243. The summed E-state index contributed by atoms with van der Waals surface area (Å²) < 4.78 is 32.8. The molecule has 1 aliphatic heterocycles. The van der Waals surface area contributed by atoms with Gasteiger partial charge < -0.3 is 23.4 Å². The molecule has 9 heteroatoms. The Bertz CT molecular complexity index is 1550. The van der Waals surface area contributed by atoms with Crippen LogP contribution in [-0.2, 0) is 32.5 Å². The number of esters is 1. The third-order valence-corrected chi connectivity index (χ3v) is 8.42. The fourth-order valence-electron chi connectivity index (χ4n) is 6.21. The number of hydrogen-bond acceptors (Lipinski definition) is 6. The van der Waals surface area contributed by atoms with Crippen LogP contribution in [0.25, 0.3) is 33.5 Å². The summed E-state index contributed by atoms with van der Waals surface area (Å²) in [5.74, 6) is 0.102. The summed E-state index contributed by atoms with van der Waals surface area (Å²) in [6.45, 7) is 1.26. The second kappa shape index (κ2) is 11.0. The van der Waals surface area contributed by atoms with Crippen molar-refractivity contribution in [2.75, 3.05) is 20.3 Å². The van der Waals surface area contributed by atoms with E-state index < -0.39 is 0 Å². The van der Waals surface area contributed by atoms with Gasteiger partial charge in [0, 0.05) is 25.2 Å². The van der Waals surface area contributed by atoms with Gasteiger partial charge in [0.1, 0.15) is 11.3 Å². The van der Waals surface area contributed by atoms with Gasteiger partial charge in [-0.05, 0) is 74.4 Å². The first-order chi connectivity index (χ1) is 19.4. The van der Waals surface area contributed by atoms with Gasteiger partial charge in [-0.1, -0.05) is 6.07 Å². The molecule has 0 N–H and O–H groups in total. The summed E-state index contributed by atoms with van der Waals surface area (Å²) in [4.78, 5) is 31.7. The zero-order valence-corrected chi connectivity index (χ0v) is 22.9. The largest absolute Gasteiger partial charge is 0.469 e. The van der Waals surface area contributed by atoms with E-state index in [1.807, 2.05) is 40.9 Å². The Kier molecular flexibility index (Phi) is 7.31. The van der Waals surface area contributed by atoms with Crippen LogP contribution in [0.1, 0.15) is 44.1 Å². The zero-order valence-electron chi connectivity index (χ0n) is 22.9. The number of ether oxygens (including phenoxy) is 2. The van der Waals surface area contributed by atoms with Crippen molar-refractivity contribution in [1.82, 2.24) is 14.5 Å².